The third-order valence-electron chi connectivity index (χ3n) is 5.92. The maximum atomic E-state index is 12.5. The first-order valence-electron chi connectivity index (χ1n) is 10.8. The summed E-state index contributed by atoms with van der Waals surface area (Å²) in [7, 11) is 1.58. The largest absolute Gasteiger partial charge is 0.493 e. The van der Waals surface area contributed by atoms with Crippen LogP contribution in [-0.2, 0) is 14.4 Å². The summed E-state index contributed by atoms with van der Waals surface area (Å²) in [6.45, 7) is 5.92. The van der Waals surface area contributed by atoms with E-state index in [4.69, 9.17) is 9.47 Å². The fourth-order valence-electron chi connectivity index (χ4n) is 4.37. The van der Waals surface area contributed by atoms with E-state index in [0.717, 1.165) is 31.2 Å². The van der Waals surface area contributed by atoms with E-state index in [-0.39, 0.29) is 54.7 Å². The summed E-state index contributed by atoms with van der Waals surface area (Å²) in [5.41, 5.74) is 0.885. The maximum absolute atomic E-state index is 12.5. The first-order valence-corrected chi connectivity index (χ1v) is 10.8. The molecule has 7 nitrogen and oxygen atoms in total. The Hall–Kier alpha value is -2.57. The van der Waals surface area contributed by atoms with Crippen molar-refractivity contribution in [1.29, 1.82) is 0 Å². The first kappa shape index (κ1) is 22.1. The van der Waals surface area contributed by atoms with Crippen LogP contribution in [0.2, 0.25) is 0 Å². The van der Waals surface area contributed by atoms with Crippen LogP contribution in [0.4, 0.5) is 0 Å². The van der Waals surface area contributed by atoms with E-state index in [9.17, 15) is 14.4 Å². The summed E-state index contributed by atoms with van der Waals surface area (Å²) in [4.78, 5) is 38.8. The molecule has 0 spiro atoms. The zero-order valence-corrected chi connectivity index (χ0v) is 18.3. The lowest BCUT2D eigenvalue weighted by Crippen LogP contribution is -2.36. The van der Waals surface area contributed by atoms with Crippen molar-refractivity contribution in [2.45, 2.75) is 65.0 Å². The summed E-state index contributed by atoms with van der Waals surface area (Å²) >= 11 is 0. The number of hydrogen-bond donors (Lipinski definition) is 1. The van der Waals surface area contributed by atoms with Crippen molar-refractivity contribution in [3.8, 4) is 11.5 Å². The Balaban J connectivity index is 1.56. The highest BCUT2D eigenvalue weighted by Crippen LogP contribution is 2.38. The number of imide groups is 1. The van der Waals surface area contributed by atoms with E-state index in [1.807, 2.05) is 39.0 Å². The van der Waals surface area contributed by atoms with Crippen molar-refractivity contribution >= 4 is 17.7 Å². The Morgan fingerprint density at radius 1 is 1.10 bits per heavy atom. The fraction of sp³-hybridized carbons (Fsp3) is 0.609. The predicted octanol–water partition coefficient (Wildman–Crippen LogP) is 3.22. The number of amides is 3. The number of fused-ring (bicyclic) bond motifs is 1. The SMILES string of the molecule is COc1cc(C(C)NC(=O)CCN2C(=O)C3CCCCC3C2=O)ccc1OC(C)C. The number of hydrogen-bond acceptors (Lipinski definition) is 5. The van der Waals surface area contributed by atoms with Gasteiger partial charge < -0.3 is 14.8 Å². The van der Waals surface area contributed by atoms with Gasteiger partial charge in [0.05, 0.1) is 31.1 Å². The number of benzene rings is 1. The van der Waals surface area contributed by atoms with Gasteiger partial charge in [-0.25, -0.2) is 0 Å². The standard InChI is InChI=1S/C23H32N2O5/c1-14(2)30-19-10-9-16(13-20(19)29-4)15(3)24-21(26)11-12-25-22(27)17-7-5-6-8-18(17)23(25)28/h9-10,13-15,17-18H,5-8,11-12H2,1-4H3,(H,24,26). The minimum atomic E-state index is -0.243. The highest BCUT2D eigenvalue weighted by molar-refractivity contribution is 6.05. The zero-order valence-electron chi connectivity index (χ0n) is 18.3. The Morgan fingerprint density at radius 2 is 1.73 bits per heavy atom. The molecule has 1 saturated carbocycles. The molecule has 3 rings (SSSR count). The topological polar surface area (TPSA) is 84.9 Å². The molecule has 2 fully saturated rings. The van der Waals surface area contributed by atoms with Crippen molar-refractivity contribution in [2.24, 2.45) is 11.8 Å². The molecule has 1 aromatic carbocycles. The van der Waals surface area contributed by atoms with Gasteiger partial charge in [-0.15, -0.1) is 0 Å². The molecule has 1 aliphatic heterocycles. The molecule has 3 amide bonds. The lowest BCUT2D eigenvalue weighted by Gasteiger charge is -2.19. The number of rotatable bonds is 8. The van der Waals surface area contributed by atoms with Gasteiger partial charge in [0.2, 0.25) is 17.7 Å². The molecule has 1 aliphatic carbocycles. The maximum Gasteiger partial charge on any atom is 0.233 e. The Bertz CT molecular complexity index is 783. The number of carbonyl (C=O) groups excluding carboxylic acids is 3. The van der Waals surface area contributed by atoms with Gasteiger partial charge in [0.15, 0.2) is 11.5 Å². The summed E-state index contributed by atoms with van der Waals surface area (Å²) in [5, 5.41) is 2.94. The van der Waals surface area contributed by atoms with Gasteiger partial charge in [-0.05, 0) is 51.3 Å². The van der Waals surface area contributed by atoms with Crippen molar-refractivity contribution in [2.75, 3.05) is 13.7 Å². The fourth-order valence-corrected chi connectivity index (χ4v) is 4.37. The van der Waals surface area contributed by atoms with Crippen LogP contribution in [0.3, 0.4) is 0 Å². The van der Waals surface area contributed by atoms with E-state index in [1.165, 1.54) is 4.90 Å². The number of methoxy groups -OCH3 is 1. The summed E-state index contributed by atoms with van der Waals surface area (Å²) in [6, 6.07) is 5.33. The van der Waals surface area contributed by atoms with E-state index in [2.05, 4.69) is 5.32 Å². The third-order valence-corrected chi connectivity index (χ3v) is 5.92. The van der Waals surface area contributed by atoms with Gasteiger partial charge in [-0.1, -0.05) is 18.9 Å². The van der Waals surface area contributed by atoms with E-state index >= 15 is 0 Å². The molecule has 0 bridgehead atoms. The number of carbonyl (C=O) groups is 3. The van der Waals surface area contributed by atoms with Crippen LogP contribution in [0.15, 0.2) is 18.2 Å². The van der Waals surface area contributed by atoms with Crippen molar-refractivity contribution in [3.63, 3.8) is 0 Å². The molecular formula is C23H32N2O5. The molecule has 1 heterocycles. The van der Waals surface area contributed by atoms with Gasteiger partial charge in [0.1, 0.15) is 0 Å². The molecule has 0 radical (unpaired) electrons. The second kappa shape index (κ2) is 9.49. The quantitative estimate of drug-likeness (QED) is 0.658. The first-order chi connectivity index (χ1) is 14.3. The minimum Gasteiger partial charge on any atom is -0.493 e. The molecule has 30 heavy (non-hydrogen) atoms. The summed E-state index contributed by atoms with van der Waals surface area (Å²) < 4.78 is 11.1. The Morgan fingerprint density at radius 3 is 2.30 bits per heavy atom. The second-order valence-electron chi connectivity index (χ2n) is 8.44. The monoisotopic (exact) mass is 416 g/mol. The van der Waals surface area contributed by atoms with Crippen LogP contribution in [0.5, 0.6) is 11.5 Å². The Labute approximate surface area is 178 Å². The molecule has 3 unspecified atom stereocenters. The van der Waals surface area contributed by atoms with Gasteiger partial charge in [-0.3, -0.25) is 19.3 Å². The molecule has 1 aromatic rings. The molecular weight excluding hydrogens is 384 g/mol. The van der Waals surface area contributed by atoms with Gasteiger partial charge in [0.25, 0.3) is 0 Å². The summed E-state index contributed by atoms with van der Waals surface area (Å²) in [6.07, 6.45) is 3.70. The average Bonchev–Trinajstić information content (AvgIpc) is 2.96. The van der Waals surface area contributed by atoms with Crippen LogP contribution >= 0.6 is 0 Å². The number of ether oxygens (including phenoxy) is 2. The van der Waals surface area contributed by atoms with Crippen molar-refractivity contribution in [1.82, 2.24) is 10.2 Å². The number of nitrogens with one attached hydrogen (secondary N) is 1. The van der Waals surface area contributed by atoms with Crippen LogP contribution in [0, 0.1) is 11.8 Å². The van der Waals surface area contributed by atoms with E-state index < -0.39 is 0 Å². The Kier molecular flexibility index (Phi) is 7.00. The summed E-state index contributed by atoms with van der Waals surface area (Å²) in [5.74, 6) is 0.520. The second-order valence-corrected chi connectivity index (χ2v) is 8.44. The molecule has 0 aromatic heterocycles. The highest BCUT2D eigenvalue weighted by atomic mass is 16.5. The van der Waals surface area contributed by atoms with Gasteiger partial charge in [0, 0.05) is 13.0 Å². The average molecular weight is 417 g/mol. The molecule has 1 N–H and O–H groups in total. The number of nitrogens with zero attached hydrogens (tertiary/aromatic N) is 1. The molecule has 7 heteroatoms. The van der Waals surface area contributed by atoms with Gasteiger partial charge in [-0.2, -0.15) is 0 Å². The minimum absolute atomic E-state index is 0.0294. The van der Waals surface area contributed by atoms with Crippen LogP contribution in [0.25, 0.3) is 0 Å². The zero-order chi connectivity index (χ0) is 21.8. The van der Waals surface area contributed by atoms with Crippen LogP contribution < -0.4 is 14.8 Å². The van der Waals surface area contributed by atoms with E-state index in [1.54, 1.807) is 7.11 Å². The number of likely N-dealkylation sites (tertiary alicyclic amines) is 1. The highest BCUT2D eigenvalue weighted by Gasteiger charge is 2.47. The molecule has 164 valence electrons. The lowest BCUT2D eigenvalue weighted by molar-refractivity contribution is -0.140. The third kappa shape index (κ3) is 4.77. The van der Waals surface area contributed by atoms with Crippen molar-refractivity contribution < 1.29 is 23.9 Å². The molecule has 1 saturated heterocycles. The normalized spacial score (nSPS) is 22.1. The van der Waals surface area contributed by atoms with E-state index in [0.29, 0.717) is 11.5 Å². The molecule has 2 aliphatic rings. The van der Waals surface area contributed by atoms with Crippen LogP contribution in [-0.4, -0.2) is 42.4 Å². The molecule has 3 atom stereocenters. The lowest BCUT2D eigenvalue weighted by atomic mass is 9.81. The predicted molar refractivity (Wildman–Crippen MR) is 112 cm³/mol. The van der Waals surface area contributed by atoms with Crippen LogP contribution in [0.1, 0.15) is 64.5 Å². The van der Waals surface area contributed by atoms with Gasteiger partial charge >= 0.3 is 0 Å². The smallest absolute Gasteiger partial charge is 0.233 e. The van der Waals surface area contributed by atoms with Crippen molar-refractivity contribution in [3.05, 3.63) is 23.8 Å².